The van der Waals surface area contributed by atoms with Gasteiger partial charge in [-0.1, -0.05) is 29.8 Å². The highest BCUT2D eigenvalue weighted by Crippen LogP contribution is 2.19. The van der Waals surface area contributed by atoms with Gasteiger partial charge in [-0.15, -0.1) is 0 Å². The number of imidazole rings is 1. The fraction of sp³-hybridized carbons (Fsp3) is 0.182. The summed E-state index contributed by atoms with van der Waals surface area (Å²) < 4.78 is 7.30. The Morgan fingerprint density at radius 2 is 2.04 bits per heavy atom. The predicted octanol–water partition coefficient (Wildman–Crippen LogP) is 3.56. The van der Waals surface area contributed by atoms with Crippen LogP contribution >= 0.6 is 0 Å². The standard InChI is InChI=1S/C22H23N3O2/c1-17-3-9-21(27-2)19(15-17)11-12-24-22(26)10-6-18-4-7-20(8-5-18)25-14-13-23-16-25/h3-10,13-16H,11-12H2,1-2H3,(H,24,26)/b10-6+. The van der Waals surface area contributed by atoms with Gasteiger partial charge in [-0.2, -0.15) is 0 Å². The highest BCUT2D eigenvalue weighted by Gasteiger charge is 2.04. The first-order chi connectivity index (χ1) is 13.2. The number of aryl methyl sites for hydroxylation is 1. The van der Waals surface area contributed by atoms with Gasteiger partial charge in [0.25, 0.3) is 0 Å². The zero-order valence-corrected chi connectivity index (χ0v) is 15.6. The summed E-state index contributed by atoms with van der Waals surface area (Å²) in [6.07, 6.45) is 9.47. The summed E-state index contributed by atoms with van der Waals surface area (Å²) in [6.45, 7) is 2.60. The number of aromatic nitrogens is 2. The molecular weight excluding hydrogens is 338 g/mol. The lowest BCUT2D eigenvalue weighted by molar-refractivity contribution is -0.116. The van der Waals surface area contributed by atoms with Crippen molar-refractivity contribution in [1.82, 2.24) is 14.9 Å². The van der Waals surface area contributed by atoms with E-state index in [9.17, 15) is 4.79 Å². The smallest absolute Gasteiger partial charge is 0.244 e. The molecule has 0 saturated heterocycles. The molecule has 0 spiro atoms. The minimum Gasteiger partial charge on any atom is -0.496 e. The molecule has 1 amide bonds. The topological polar surface area (TPSA) is 56.1 Å². The van der Waals surface area contributed by atoms with Crippen LogP contribution in [0.25, 0.3) is 11.8 Å². The van der Waals surface area contributed by atoms with Crippen LogP contribution in [0.2, 0.25) is 0 Å². The molecule has 0 saturated carbocycles. The molecule has 0 aliphatic rings. The number of amides is 1. The average molecular weight is 361 g/mol. The molecule has 0 aliphatic heterocycles. The third-order valence-electron chi connectivity index (χ3n) is 4.25. The third-order valence-corrected chi connectivity index (χ3v) is 4.25. The van der Waals surface area contributed by atoms with E-state index in [0.29, 0.717) is 6.54 Å². The quantitative estimate of drug-likeness (QED) is 0.655. The van der Waals surface area contributed by atoms with Crippen molar-refractivity contribution in [3.63, 3.8) is 0 Å². The van der Waals surface area contributed by atoms with Crippen molar-refractivity contribution < 1.29 is 9.53 Å². The van der Waals surface area contributed by atoms with Crippen molar-refractivity contribution >= 4 is 12.0 Å². The summed E-state index contributed by atoms with van der Waals surface area (Å²) in [4.78, 5) is 16.1. The Labute approximate surface area is 159 Å². The summed E-state index contributed by atoms with van der Waals surface area (Å²) in [5.41, 5.74) is 4.27. The van der Waals surface area contributed by atoms with Crippen LogP contribution in [0.1, 0.15) is 16.7 Å². The zero-order chi connectivity index (χ0) is 19.1. The number of rotatable bonds is 7. The van der Waals surface area contributed by atoms with E-state index in [1.165, 1.54) is 5.56 Å². The summed E-state index contributed by atoms with van der Waals surface area (Å²) in [5, 5.41) is 2.91. The number of nitrogens with one attached hydrogen (secondary N) is 1. The number of methoxy groups -OCH3 is 1. The minimum absolute atomic E-state index is 0.111. The van der Waals surface area contributed by atoms with Crippen LogP contribution in [0.15, 0.2) is 67.3 Å². The molecule has 0 unspecified atom stereocenters. The van der Waals surface area contributed by atoms with Crippen molar-refractivity contribution in [2.75, 3.05) is 13.7 Å². The Balaban J connectivity index is 1.51. The lowest BCUT2D eigenvalue weighted by Crippen LogP contribution is -2.23. The molecule has 0 radical (unpaired) electrons. The van der Waals surface area contributed by atoms with Crippen LogP contribution in [0.5, 0.6) is 5.75 Å². The van der Waals surface area contributed by atoms with Gasteiger partial charge in [-0.25, -0.2) is 4.98 Å². The maximum Gasteiger partial charge on any atom is 0.244 e. The van der Waals surface area contributed by atoms with Crippen molar-refractivity contribution in [2.24, 2.45) is 0 Å². The number of ether oxygens (including phenoxy) is 1. The first-order valence-corrected chi connectivity index (χ1v) is 8.83. The van der Waals surface area contributed by atoms with Gasteiger partial charge in [-0.3, -0.25) is 4.79 Å². The minimum atomic E-state index is -0.111. The Bertz CT molecular complexity index is 913. The van der Waals surface area contributed by atoms with Gasteiger partial charge in [0.15, 0.2) is 0 Å². The van der Waals surface area contributed by atoms with Crippen LogP contribution in [-0.4, -0.2) is 29.1 Å². The SMILES string of the molecule is COc1ccc(C)cc1CCNC(=O)/C=C/c1ccc(-n2ccnc2)cc1. The van der Waals surface area contributed by atoms with E-state index in [2.05, 4.69) is 16.4 Å². The van der Waals surface area contributed by atoms with E-state index in [1.54, 1.807) is 31.8 Å². The molecule has 1 N–H and O–H groups in total. The van der Waals surface area contributed by atoms with Gasteiger partial charge < -0.3 is 14.6 Å². The Morgan fingerprint density at radius 1 is 1.22 bits per heavy atom. The second-order valence-electron chi connectivity index (χ2n) is 6.25. The largest absolute Gasteiger partial charge is 0.496 e. The molecule has 3 aromatic rings. The molecule has 0 fully saturated rings. The lowest BCUT2D eigenvalue weighted by atomic mass is 10.1. The maximum atomic E-state index is 12.0. The van der Waals surface area contributed by atoms with Crippen LogP contribution in [0.3, 0.4) is 0 Å². The summed E-state index contributed by atoms with van der Waals surface area (Å²) in [6, 6.07) is 14.0. The summed E-state index contributed by atoms with van der Waals surface area (Å²) >= 11 is 0. The van der Waals surface area contributed by atoms with Crippen molar-refractivity contribution in [3.8, 4) is 11.4 Å². The van der Waals surface area contributed by atoms with Gasteiger partial charge in [-0.05, 0) is 48.7 Å². The maximum absolute atomic E-state index is 12.0. The van der Waals surface area contributed by atoms with Gasteiger partial charge in [0.2, 0.25) is 5.91 Å². The fourth-order valence-corrected chi connectivity index (χ4v) is 2.82. The van der Waals surface area contributed by atoms with Gasteiger partial charge in [0, 0.05) is 30.7 Å². The molecule has 27 heavy (non-hydrogen) atoms. The summed E-state index contributed by atoms with van der Waals surface area (Å²) in [7, 11) is 1.66. The van der Waals surface area contributed by atoms with E-state index in [-0.39, 0.29) is 5.91 Å². The van der Waals surface area contributed by atoms with Crippen LogP contribution in [-0.2, 0) is 11.2 Å². The molecular formula is C22H23N3O2. The van der Waals surface area contributed by atoms with Crippen molar-refractivity contribution in [1.29, 1.82) is 0 Å². The number of hydrogen-bond acceptors (Lipinski definition) is 3. The first-order valence-electron chi connectivity index (χ1n) is 8.83. The molecule has 1 aromatic heterocycles. The molecule has 0 atom stereocenters. The summed E-state index contributed by atoms with van der Waals surface area (Å²) in [5.74, 6) is 0.740. The molecule has 5 heteroatoms. The number of carbonyl (C=O) groups is 1. The second-order valence-corrected chi connectivity index (χ2v) is 6.25. The number of benzene rings is 2. The highest BCUT2D eigenvalue weighted by atomic mass is 16.5. The van der Waals surface area contributed by atoms with Crippen LogP contribution < -0.4 is 10.1 Å². The second kappa shape index (κ2) is 8.85. The third kappa shape index (κ3) is 5.07. The van der Waals surface area contributed by atoms with Gasteiger partial charge in [0.05, 0.1) is 13.4 Å². The molecule has 3 rings (SSSR count). The van der Waals surface area contributed by atoms with Crippen LogP contribution in [0.4, 0.5) is 0 Å². The Morgan fingerprint density at radius 3 is 2.74 bits per heavy atom. The fourth-order valence-electron chi connectivity index (χ4n) is 2.82. The zero-order valence-electron chi connectivity index (χ0n) is 15.6. The highest BCUT2D eigenvalue weighted by molar-refractivity contribution is 5.91. The normalized spacial score (nSPS) is 10.9. The molecule has 138 valence electrons. The first kappa shape index (κ1) is 18.5. The Hall–Kier alpha value is -3.34. The van der Waals surface area contributed by atoms with Gasteiger partial charge >= 0.3 is 0 Å². The predicted molar refractivity (Wildman–Crippen MR) is 107 cm³/mol. The van der Waals surface area contributed by atoms with Crippen molar-refractivity contribution in [2.45, 2.75) is 13.3 Å². The van der Waals surface area contributed by atoms with E-state index >= 15 is 0 Å². The monoisotopic (exact) mass is 361 g/mol. The number of carbonyl (C=O) groups excluding carboxylic acids is 1. The van der Waals surface area contributed by atoms with E-state index in [0.717, 1.165) is 29.0 Å². The van der Waals surface area contributed by atoms with E-state index in [4.69, 9.17) is 4.74 Å². The van der Waals surface area contributed by atoms with Gasteiger partial charge in [0.1, 0.15) is 5.75 Å². The Kier molecular flexibility index (Phi) is 6.05. The molecule has 5 nitrogen and oxygen atoms in total. The molecule has 0 bridgehead atoms. The van der Waals surface area contributed by atoms with E-state index < -0.39 is 0 Å². The average Bonchev–Trinajstić information content (AvgIpc) is 3.22. The van der Waals surface area contributed by atoms with Crippen LogP contribution in [0, 0.1) is 6.92 Å². The van der Waals surface area contributed by atoms with Crippen molar-refractivity contribution in [3.05, 3.63) is 84.0 Å². The van der Waals surface area contributed by atoms with E-state index in [1.807, 2.05) is 54.1 Å². The molecule has 1 heterocycles. The number of hydrogen-bond donors (Lipinski definition) is 1. The molecule has 2 aromatic carbocycles. The number of nitrogens with zero attached hydrogens (tertiary/aromatic N) is 2. The molecule has 0 aliphatic carbocycles. The lowest BCUT2D eigenvalue weighted by Gasteiger charge is -2.09.